The number of benzene rings is 2. The van der Waals surface area contributed by atoms with Gasteiger partial charge < -0.3 is 10.5 Å². The topological polar surface area (TPSA) is 119 Å². The molecule has 1 fully saturated rings. The number of primary amides is 1. The molecule has 3 N–H and O–H groups in total. The summed E-state index contributed by atoms with van der Waals surface area (Å²) in [4.78, 5) is 16.9. The summed E-state index contributed by atoms with van der Waals surface area (Å²) in [5.41, 5.74) is 9.39. The number of amides is 1. The van der Waals surface area contributed by atoms with Crippen molar-refractivity contribution in [2.75, 3.05) is 6.54 Å². The zero-order valence-corrected chi connectivity index (χ0v) is 19.9. The molecule has 2 unspecified atom stereocenters. The van der Waals surface area contributed by atoms with E-state index in [2.05, 4.69) is 0 Å². The van der Waals surface area contributed by atoms with Crippen LogP contribution >= 0.6 is 11.6 Å². The van der Waals surface area contributed by atoms with Gasteiger partial charge in [-0.25, -0.2) is 0 Å². The summed E-state index contributed by atoms with van der Waals surface area (Å²) in [5.74, 6) is -0.650. The van der Waals surface area contributed by atoms with Crippen LogP contribution in [0.5, 0.6) is 5.75 Å². The Morgan fingerprint density at radius 1 is 1.24 bits per heavy atom. The van der Waals surface area contributed by atoms with E-state index < -0.39 is 27.4 Å². The number of aliphatic imine (C=N–C) groups is 1. The van der Waals surface area contributed by atoms with Crippen molar-refractivity contribution >= 4 is 33.3 Å². The Balaban J connectivity index is 1.72. The zero-order chi connectivity index (χ0) is 23.8. The van der Waals surface area contributed by atoms with Crippen LogP contribution in [0.4, 0.5) is 0 Å². The van der Waals surface area contributed by atoms with Crippen LogP contribution in [-0.2, 0) is 26.7 Å². The van der Waals surface area contributed by atoms with Crippen LogP contribution in [0.3, 0.4) is 0 Å². The number of nitrogens with two attached hydrogens (primary N) is 1. The van der Waals surface area contributed by atoms with Gasteiger partial charge in [-0.1, -0.05) is 43.1 Å². The molecule has 2 aromatic rings. The quantitative estimate of drug-likeness (QED) is 0.547. The molecular formula is C24H27ClN2O5S. The third kappa shape index (κ3) is 4.52. The smallest absolute Gasteiger partial charge is 0.272 e. The summed E-state index contributed by atoms with van der Waals surface area (Å²) in [6.07, 6.45) is 2.25. The number of hydrogen-bond donors (Lipinski definition) is 2. The Kier molecular flexibility index (Phi) is 6.53. The lowest BCUT2D eigenvalue weighted by Crippen LogP contribution is -2.47. The van der Waals surface area contributed by atoms with Crippen LogP contribution < -0.4 is 10.5 Å². The number of ether oxygens (including phenoxy) is 1. The molecule has 4 rings (SSSR count). The first-order valence-electron chi connectivity index (χ1n) is 11.0. The molecule has 2 atom stereocenters. The lowest BCUT2D eigenvalue weighted by Gasteiger charge is -2.45. The Morgan fingerprint density at radius 2 is 1.94 bits per heavy atom. The predicted octanol–water partition coefficient (Wildman–Crippen LogP) is 3.71. The van der Waals surface area contributed by atoms with Gasteiger partial charge in [-0.15, -0.1) is 0 Å². The fourth-order valence-corrected chi connectivity index (χ4v) is 5.91. The molecule has 0 radical (unpaired) electrons. The number of rotatable bonds is 8. The van der Waals surface area contributed by atoms with Gasteiger partial charge in [0.05, 0.1) is 5.71 Å². The van der Waals surface area contributed by atoms with Crippen LogP contribution in [0.25, 0.3) is 0 Å². The highest BCUT2D eigenvalue weighted by Gasteiger charge is 2.45. The van der Waals surface area contributed by atoms with Crippen LogP contribution in [-0.4, -0.2) is 42.5 Å². The van der Waals surface area contributed by atoms with E-state index in [0.29, 0.717) is 17.3 Å². The highest BCUT2D eigenvalue weighted by molar-refractivity contribution is 7.86. The molecule has 1 aliphatic carbocycles. The minimum absolute atomic E-state index is 0.0240. The highest BCUT2D eigenvalue weighted by atomic mass is 35.5. The molecule has 1 saturated carbocycles. The average Bonchev–Trinajstić information content (AvgIpc) is 2.73. The van der Waals surface area contributed by atoms with Crippen molar-refractivity contribution in [1.29, 1.82) is 0 Å². The van der Waals surface area contributed by atoms with Gasteiger partial charge in [-0.3, -0.25) is 14.3 Å². The largest absolute Gasteiger partial charge is 0.479 e. The summed E-state index contributed by atoms with van der Waals surface area (Å²) in [6.45, 7) is 2.23. The zero-order valence-electron chi connectivity index (χ0n) is 18.3. The van der Waals surface area contributed by atoms with Crippen LogP contribution in [0.15, 0.2) is 47.5 Å². The van der Waals surface area contributed by atoms with E-state index in [0.717, 1.165) is 48.1 Å². The lowest BCUT2D eigenvalue weighted by atomic mass is 9.59. The Morgan fingerprint density at radius 3 is 2.48 bits per heavy atom. The maximum atomic E-state index is 12.0. The van der Waals surface area contributed by atoms with E-state index >= 15 is 0 Å². The molecule has 0 bridgehead atoms. The molecule has 9 heteroatoms. The Hall–Kier alpha value is -2.42. The summed E-state index contributed by atoms with van der Waals surface area (Å²) in [7, 11) is -4.53. The van der Waals surface area contributed by atoms with E-state index in [9.17, 15) is 17.8 Å². The lowest BCUT2D eigenvalue weighted by molar-refractivity contribution is -0.124. The van der Waals surface area contributed by atoms with Crippen molar-refractivity contribution in [3.8, 4) is 5.75 Å². The van der Waals surface area contributed by atoms with Crippen LogP contribution in [0.2, 0.25) is 5.02 Å². The second-order valence-electron chi connectivity index (χ2n) is 8.64. The van der Waals surface area contributed by atoms with Crippen LogP contribution in [0.1, 0.15) is 49.3 Å². The van der Waals surface area contributed by atoms with E-state index in [-0.39, 0.29) is 11.8 Å². The first kappa shape index (κ1) is 23.7. The van der Waals surface area contributed by atoms with E-state index in [1.165, 1.54) is 0 Å². The van der Waals surface area contributed by atoms with E-state index in [1.54, 1.807) is 19.1 Å². The van der Waals surface area contributed by atoms with Crippen molar-refractivity contribution in [2.45, 2.75) is 55.8 Å². The van der Waals surface area contributed by atoms with Crippen molar-refractivity contribution in [2.24, 2.45) is 10.7 Å². The molecule has 2 aromatic carbocycles. The van der Waals surface area contributed by atoms with E-state index in [1.807, 2.05) is 30.3 Å². The minimum Gasteiger partial charge on any atom is -0.479 e. The molecular weight excluding hydrogens is 464 g/mol. The second kappa shape index (κ2) is 9.08. The number of nitrogens with zero attached hydrogens (tertiary/aromatic N) is 1. The predicted molar refractivity (Wildman–Crippen MR) is 128 cm³/mol. The van der Waals surface area contributed by atoms with E-state index in [4.69, 9.17) is 27.1 Å². The van der Waals surface area contributed by atoms with Gasteiger partial charge in [0.2, 0.25) is 0 Å². The van der Waals surface area contributed by atoms with Crippen molar-refractivity contribution < 1.29 is 22.5 Å². The fourth-order valence-electron chi connectivity index (χ4n) is 4.86. The first-order chi connectivity index (χ1) is 15.7. The number of hydrogen-bond acceptors (Lipinski definition) is 5. The van der Waals surface area contributed by atoms with Gasteiger partial charge in [0, 0.05) is 22.5 Å². The maximum absolute atomic E-state index is 12.0. The van der Waals surface area contributed by atoms with Gasteiger partial charge in [0.1, 0.15) is 11.0 Å². The maximum Gasteiger partial charge on any atom is 0.272 e. The van der Waals surface area contributed by atoms with Crippen molar-refractivity contribution in [3.63, 3.8) is 0 Å². The highest BCUT2D eigenvalue weighted by Crippen LogP contribution is 2.48. The molecule has 1 amide bonds. The Bertz CT molecular complexity index is 1190. The third-order valence-corrected chi connectivity index (χ3v) is 8.31. The third-order valence-electron chi connectivity index (χ3n) is 6.71. The average molecular weight is 491 g/mol. The summed E-state index contributed by atoms with van der Waals surface area (Å²) < 4.78 is 38.9. The number of carbonyl (C=O) groups excluding carboxylic acids is 1. The van der Waals surface area contributed by atoms with Gasteiger partial charge in [-0.05, 0) is 61.1 Å². The van der Waals surface area contributed by atoms with Crippen molar-refractivity contribution in [1.82, 2.24) is 0 Å². The minimum atomic E-state index is -4.53. The Labute approximate surface area is 198 Å². The fraction of sp³-hybridized carbons (Fsp3) is 0.417. The standard InChI is InChI=1S/C24H27ClN2O5S/c1-2-20(33(29,30)31)21(23(26)28)32-18-9-4-15-10-13-27-22(19(15)14-18)24(11-3-12-24)16-5-7-17(25)8-6-16/h4-9,14,20-21H,2-3,10-13H2,1H3,(H2,26,28)(H,29,30,31). The number of carbonyl (C=O) groups is 1. The van der Waals surface area contributed by atoms with Gasteiger partial charge in [0.15, 0.2) is 6.10 Å². The van der Waals surface area contributed by atoms with Crippen LogP contribution in [0, 0.1) is 0 Å². The molecule has 2 aliphatic rings. The normalized spacial score (nSPS) is 18.9. The molecule has 0 aromatic heterocycles. The SMILES string of the molecule is CCC(C(Oc1ccc2c(c1)C(C1(c3ccc(Cl)cc3)CCC1)=NCC2)C(N)=O)S(=O)(=O)O. The first-order valence-corrected chi connectivity index (χ1v) is 12.9. The summed E-state index contributed by atoms with van der Waals surface area (Å²) in [5, 5.41) is -0.775. The summed E-state index contributed by atoms with van der Waals surface area (Å²) >= 11 is 6.11. The molecule has 7 nitrogen and oxygen atoms in total. The van der Waals surface area contributed by atoms with Gasteiger partial charge >= 0.3 is 0 Å². The van der Waals surface area contributed by atoms with Gasteiger partial charge in [-0.2, -0.15) is 8.42 Å². The monoisotopic (exact) mass is 490 g/mol. The number of fused-ring (bicyclic) bond motifs is 1. The molecule has 33 heavy (non-hydrogen) atoms. The summed E-state index contributed by atoms with van der Waals surface area (Å²) in [6, 6.07) is 13.3. The van der Waals surface area contributed by atoms with Crippen molar-refractivity contribution in [3.05, 3.63) is 64.2 Å². The molecule has 0 saturated heterocycles. The molecule has 1 aliphatic heterocycles. The molecule has 1 heterocycles. The second-order valence-corrected chi connectivity index (χ2v) is 10.7. The van der Waals surface area contributed by atoms with Gasteiger partial charge in [0.25, 0.3) is 16.0 Å². The molecule has 176 valence electrons. The number of halogens is 1. The molecule has 0 spiro atoms.